The summed E-state index contributed by atoms with van der Waals surface area (Å²) in [7, 11) is 1.54. The van der Waals surface area contributed by atoms with E-state index in [-0.39, 0.29) is 25.2 Å². The maximum atomic E-state index is 12.4. The summed E-state index contributed by atoms with van der Waals surface area (Å²) in [4.78, 5) is 34.1. The van der Waals surface area contributed by atoms with Crippen LogP contribution in [0.1, 0.15) is 19.8 Å². The molecule has 0 saturated carbocycles. The number of amides is 2. The fourth-order valence-electron chi connectivity index (χ4n) is 2.76. The number of urea groups is 1. The highest BCUT2D eigenvalue weighted by molar-refractivity contribution is 5.89. The fourth-order valence-corrected chi connectivity index (χ4v) is 2.76. The van der Waals surface area contributed by atoms with Gasteiger partial charge in [0.1, 0.15) is 17.6 Å². The number of aromatic nitrogens is 2. The SMILES string of the molecule is CCOC(=O)C1(COC)CCCN(C(=O)Nc2ccncn2)C1. The third kappa shape index (κ3) is 4.16. The second-order valence-electron chi connectivity index (χ2n) is 5.48. The van der Waals surface area contributed by atoms with Crippen LogP contribution in [0.25, 0.3) is 0 Å². The Bertz CT molecular complexity index is 536. The van der Waals surface area contributed by atoms with E-state index in [1.807, 2.05) is 0 Å². The standard InChI is InChI=1S/C15H22N4O4/c1-3-23-13(20)15(10-22-2)6-4-8-19(9-15)14(21)18-12-5-7-16-11-17-12/h5,7,11H,3-4,6,8-10H2,1-2H3,(H,16,17,18,21). The van der Waals surface area contributed by atoms with Crippen molar-refractivity contribution in [3.05, 3.63) is 18.6 Å². The van der Waals surface area contributed by atoms with Crippen LogP contribution in [0.15, 0.2) is 18.6 Å². The molecule has 8 heteroatoms. The third-order valence-electron chi connectivity index (χ3n) is 3.81. The number of carbonyl (C=O) groups is 2. The highest BCUT2D eigenvalue weighted by atomic mass is 16.5. The number of hydrogen-bond acceptors (Lipinski definition) is 6. The van der Waals surface area contributed by atoms with Crippen molar-refractivity contribution in [2.75, 3.05) is 38.7 Å². The van der Waals surface area contributed by atoms with Crippen LogP contribution in [0.5, 0.6) is 0 Å². The maximum absolute atomic E-state index is 12.4. The molecule has 23 heavy (non-hydrogen) atoms. The van der Waals surface area contributed by atoms with Crippen molar-refractivity contribution in [3.8, 4) is 0 Å². The lowest BCUT2D eigenvalue weighted by atomic mass is 9.80. The molecule has 2 rings (SSSR count). The Labute approximate surface area is 135 Å². The number of esters is 1. The molecule has 1 aromatic heterocycles. The van der Waals surface area contributed by atoms with E-state index in [1.165, 1.54) is 6.33 Å². The van der Waals surface area contributed by atoms with Crippen molar-refractivity contribution in [2.45, 2.75) is 19.8 Å². The highest BCUT2D eigenvalue weighted by Gasteiger charge is 2.45. The smallest absolute Gasteiger partial charge is 0.323 e. The van der Waals surface area contributed by atoms with Crippen LogP contribution in [-0.2, 0) is 14.3 Å². The minimum atomic E-state index is -0.813. The number of ether oxygens (including phenoxy) is 2. The molecule has 0 bridgehead atoms. The van der Waals surface area contributed by atoms with E-state index in [0.717, 1.165) is 0 Å². The summed E-state index contributed by atoms with van der Waals surface area (Å²) in [5, 5.41) is 2.71. The van der Waals surface area contributed by atoms with Gasteiger partial charge in [-0.3, -0.25) is 10.1 Å². The first-order valence-corrected chi connectivity index (χ1v) is 7.59. The van der Waals surface area contributed by atoms with Crippen molar-refractivity contribution in [2.24, 2.45) is 5.41 Å². The predicted octanol–water partition coefficient (Wildman–Crippen LogP) is 1.30. The van der Waals surface area contributed by atoms with Crippen LogP contribution >= 0.6 is 0 Å². The lowest BCUT2D eigenvalue weighted by Gasteiger charge is -2.40. The van der Waals surface area contributed by atoms with Crippen LogP contribution in [0, 0.1) is 5.41 Å². The minimum Gasteiger partial charge on any atom is -0.465 e. The van der Waals surface area contributed by atoms with Gasteiger partial charge in [0, 0.05) is 26.4 Å². The monoisotopic (exact) mass is 322 g/mol. The molecular weight excluding hydrogens is 300 g/mol. The molecule has 2 amide bonds. The van der Waals surface area contributed by atoms with Crippen LogP contribution in [0.3, 0.4) is 0 Å². The van der Waals surface area contributed by atoms with Crippen molar-refractivity contribution in [1.29, 1.82) is 0 Å². The predicted molar refractivity (Wildman–Crippen MR) is 82.8 cm³/mol. The Morgan fingerprint density at radius 1 is 1.48 bits per heavy atom. The molecule has 1 N–H and O–H groups in total. The molecule has 0 radical (unpaired) electrons. The van der Waals surface area contributed by atoms with E-state index in [0.29, 0.717) is 31.8 Å². The van der Waals surface area contributed by atoms with Gasteiger partial charge in [-0.2, -0.15) is 0 Å². The number of likely N-dealkylation sites (tertiary alicyclic amines) is 1. The lowest BCUT2D eigenvalue weighted by Crippen LogP contribution is -2.53. The summed E-state index contributed by atoms with van der Waals surface area (Å²) < 4.78 is 10.4. The van der Waals surface area contributed by atoms with Crippen LogP contribution in [0.4, 0.5) is 10.6 Å². The van der Waals surface area contributed by atoms with Gasteiger partial charge in [-0.25, -0.2) is 14.8 Å². The van der Waals surface area contributed by atoms with E-state index in [1.54, 1.807) is 31.2 Å². The largest absolute Gasteiger partial charge is 0.465 e. The van der Waals surface area contributed by atoms with Gasteiger partial charge in [-0.1, -0.05) is 0 Å². The zero-order valence-corrected chi connectivity index (χ0v) is 13.4. The zero-order chi connectivity index (χ0) is 16.7. The Hall–Kier alpha value is -2.22. The summed E-state index contributed by atoms with van der Waals surface area (Å²) >= 11 is 0. The molecule has 1 unspecified atom stereocenters. The molecule has 1 fully saturated rings. The normalized spacial score (nSPS) is 20.9. The summed E-state index contributed by atoms with van der Waals surface area (Å²) in [5.41, 5.74) is -0.813. The number of rotatable bonds is 5. The molecule has 126 valence electrons. The first kappa shape index (κ1) is 17.1. The van der Waals surface area contributed by atoms with Gasteiger partial charge in [0.05, 0.1) is 13.2 Å². The Morgan fingerprint density at radius 3 is 2.96 bits per heavy atom. The Balaban J connectivity index is 2.08. The molecule has 1 aliphatic heterocycles. The molecule has 0 spiro atoms. The molecule has 1 aliphatic rings. The van der Waals surface area contributed by atoms with Crippen molar-refractivity contribution in [3.63, 3.8) is 0 Å². The van der Waals surface area contributed by atoms with Crippen molar-refractivity contribution >= 4 is 17.8 Å². The number of nitrogens with one attached hydrogen (secondary N) is 1. The lowest BCUT2D eigenvalue weighted by molar-refractivity contribution is -0.162. The van der Waals surface area contributed by atoms with Gasteiger partial charge in [-0.15, -0.1) is 0 Å². The molecule has 0 aromatic carbocycles. The second-order valence-corrected chi connectivity index (χ2v) is 5.48. The van der Waals surface area contributed by atoms with Crippen LogP contribution < -0.4 is 5.32 Å². The maximum Gasteiger partial charge on any atom is 0.323 e. The van der Waals surface area contributed by atoms with Gasteiger partial charge in [0.15, 0.2) is 0 Å². The van der Waals surface area contributed by atoms with E-state index in [9.17, 15) is 9.59 Å². The third-order valence-corrected chi connectivity index (χ3v) is 3.81. The van der Waals surface area contributed by atoms with Gasteiger partial charge in [0.2, 0.25) is 0 Å². The number of piperidine rings is 1. The minimum absolute atomic E-state index is 0.225. The van der Waals surface area contributed by atoms with Crippen LogP contribution in [-0.4, -0.2) is 60.3 Å². The average molecular weight is 322 g/mol. The zero-order valence-electron chi connectivity index (χ0n) is 13.4. The average Bonchev–Trinajstić information content (AvgIpc) is 2.56. The highest BCUT2D eigenvalue weighted by Crippen LogP contribution is 2.32. The van der Waals surface area contributed by atoms with E-state index in [2.05, 4.69) is 15.3 Å². The molecule has 1 saturated heterocycles. The number of anilines is 1. The topological polar surface area (TPSA) is 93.7 Å². The van der Waals surface area contributed by atoms with Gasteiger partial charge < -0.3 is 14.4 Å². The molecular formula is C15H22N4O4. The number of methoxy groups -OCH3 is 1. The van der Waals surface area contributed by atoms with Gasteiger partial charge >= 0.3 is 12.0 Å². The molecule has 0 aliphatic carbocycles. The molecule has 2 heterocycles. The molecule has 1 atom stereocenters. The number of nitrogens with zero attached hydrogens (tertiary/aromatic N) is 3. The second kappa shape index (κ2) is 7.87. The number of carbonyl (C=O) groups excluding carboxylic acids is 2. The first-order chi connectivity index (χ1) is 11.1. The molecule has 8 nitrogen and oxygen atoms in total. The quantitative estimate of drug-likeness (QED) is 0.821. The van der Waals surface area contributed by atoms with E-state index >= 15 is 0 Å². The van der Waals surface area contributed by atoms with Crippen molar-refractivity contribution in [1.82, 2.24) is 14.9 Å². The van der Waals surface area contributed by atoms with Crippen molar-refractivity contribution < 1.29 is 19.1 Å². The van der Waals surface area contributed by atoms with Crippen LogP contribution in [0.2, 0.25) is 0 Å². The van der Waals surface area contributed by atoms with Gasteiger partial charge in [-0.05, 0) is 25.8 Å². The summed E-state index contributed by atoms with van der Waals surface area (Å²) in [6.45, 7) is 3.12. The first-order valence-electron chi connectivity index (χ1n) is 7.59. The Morgan fingerprint density at radius 2 is 2.30 bits per heavy atom. The van der Waals surface area contributed by atoms with E-state index in [4.69, 9.17) is 9.47 Å². The summed E-state index contributed by atoms with van der Waals surface area (Å²) in [5.74, 6) is 0.102. The number of hydrogen-bond donors (Lipinski definition) is 1. The van der Waals surface area contributed by atoms with Gasteiger partial charge in [0.25, 0.3) is 0 Å². The Kier molecular flexibility index (Phi) is 5.86. The summed E-state index contributed by atoms with van der Waals surface area (Å²) in [6, 6.07) is 1.31. The van der Waals surface area contributed by atoms with E-state index < -0.39 is 5.41 Å². The summed E-state index contributed by atoms with van der Waals surface area (Å²) in [6.07, 6.45) is 4.25. The molecule has 1 aromatic rings. The fraction of sp³-hybridized carbons (Fsp3) is 0.600.